The second-order valence-electron chi connectivity index (χ2n) is 5.90. The zero-order chi connectivity index (χ0) is 14.9. The Morgan fingerprint density at radius 1 is 1.33 bits per heavy atom. The Labute approximate surface area is 133 Å². The van der Waals surface area contributed by atoms with E-state index in [1.807, 2.05) is 0 Å². The molecule has 1 aromatic rings. The monoisotopic (exact) mass is 305 g/mol. The number of aliphatic hydroxyl groups excluding tert-OH is 1. The van der Waals surface area contributed by atoms with Crippen LogP contribution in [0.15, 0.2) is 12.1 Å². The van der Waals surface area contributed by atoms with Crippen molar-refractivity contribution in [2.24, 2.45) is 5.92 Å². The fourth-order valence-electron chi connectivity index (χ4n) is 3.04. The van der Waals surface area contributed by atoms with Gasteiger partial charge in [-0.25, -0.2) is 0 Å². The van der Waals surface area contributed by atoms with Crippen LogP contribution in [0.1, 0.15) is 55.2 Å². The number of likely N-dealkylation sites (tertiary alicyclic amines) is 1. The van der Waals surface area contributed by atoms with E-state index in [4.69, 9.17) is 5.11 Å². The van der Waals surface area contributed by atoms with Gasteiger partial charge < -0.3 is 5.11 Å². The summed E-state index contributed by atoms with van der Waals surface area (Å²) < 4.78 is 0. The molecule has 0 spiro atoms. The molecule has 1 aromatic heterocycles. The maximum Gasteiger partial charge on any atom is 0.0771 e. The Kier molecular flexibility index (Phi) is 7.29. The summed E-state index contributed by atoms with van der Waals surface area (Å²) in [6, 6.07) is 4.32. The van der Waals surface area contributed by atoms with Gasteiger partial charge >= 0.3 is 0 Å². The minimum absolute atomic E-state index is 0.151. The van der Waals surface area contributed by atoms with Gasteiger partial charge in [0.05, 0.1) is 11.5 Å². The lowest BCUT2D eigenvalue weighted by molar-refractivity contribution is 0.273. The van der Waals surface area contributed by atoms with Gasteiger partial charge in [0.2, 0.25) is 0 Å². The standard InChI is InChI=1S/C18H27NOS/c1-2-6-16-7-5-12-19(13-11-16)15-18-10-9-17(21-18)8-3-4-14-20/h9-10,16,20H,2,4-7,11-15H2,1H3. The van der Waals surface area contributed by atoms with E-state index >= 15 is 0 Å². The third kappa shape index (κ3) is 5.82. The summed E-state index contributed by atoms with van der Waals surface area (Å²) in [5.41, 5.74) is 0. The number of hydrogen-bond donors (Lipinski definition) is 1. The molecular weight excluding hydrogens is 278 g/mol. The van der Waals surface area contributed by atoms with Crippen molar-refractivity contribution in [3.05, 3.63) is 21.9 Å². The number of nitrogens with zero attached hydrogens (tertiary/aromatic N) is 1. The Hall–Kier alpha value is -0.820. The van der Waals surface area contributed by atoms with Gasteiger partial charge in [0.25, 0.3) is 0 Å². The van der Waals surface area contributed by atoms with Crippen LogP contribution < -0.4 is 0 Å². The van der Waals surface area contributed by atoms with Gasteiger partial charge in [-0.05, 0) is 50.4 Å². The van der Waals surface area contributed by atoms with Crippen LogP contribution in [0.25, 0.3) is 0 Å². The van der Waals surface area contributed by atoms with Crippen molar-refractivity contribution in [3.63, 3.8) is 0 Å². The minimum atomic E-state index is 0.151. The third-order valence-corrected chi connectivity index (χ3v) is 5.11. The highest BCUT2D eigenvalue weighted by Gasteiger charge is 2.16. The second kappa shape index (κ2) is 9.25. The lowest BCUT2D eigenvalue weighted by atomic mass is 9.96. The highest BCUT2D eigenvalue weighted by Crippen LogP contribution is 2.24. The SMILES string of the molecule is CCCC1CCCN(Cc2ccc(C#CCCO)s2)CC1. The fraction of sp³-hybridized carbons (Fsp3) is 0.667. The molecule has 1 atom stereocenters. The summed E-state index contributed by atoms with van der Waals surface area (Å²) in [5, 5.41) is 8.75. The van der Waals surface area contributed by atoms with E-state index in [0.29, 0.717) is 6.42 Å². The molecule has 2 heterocycles. The van der Waals surface area contributed by atoms with E-state index < -0.39 is 0 Å². The number of thiophene rings is 1. The first kappa shape index (κ1) is 16.5. The first-order chi connectivity index (χ1) is 10.3. The van der Waals surface area contributed by atoms with Crippen molar-refractivity contribution < 1.29 is 5.11 Å². The first-order valence-corrected chi connectivity index (χ1v) is 9.04. The molecule has 1 saturated heterocycles. The average molecular weight is 305 g/mol. The first-order valence-electron chi connectivity index (χ1n) is 8.22. The molecule has 21 heavy (non-hydrogen) atoms. The summed E-state index contributed by atoms with van der Waals surface area (Å²) in [6.45, 7) is 6.01. The molecule has 1 aliphatic rings. The predicted octanol–water partition coefficient (Wildman–Crippen LogP) is 3.88. The van der Waals surface area contributed by atoms with Crippen LogP contribution in [0.2, 0.25) is 0 Å². The van der Waals surface area contributed by atoms with Gasteiger partial charge in [-0.1, -0.05) is 31.6 Å². The molecule has 0 aliphatic carbocycles. The summed E-state index contributed by atoms with van der Waals surface area (Å²) in [7, 11) is 0. The van der Waals surface area contributed by atoms with Gasteiger partial charge in [-0.3, -0.25) is 4.90 Å². The van der Waals surface area contributed by atoms with Crippen molar-refractivity contribution in [1.82, 2.24) is 4.90 Å². The summed E-state index contributed by atoms with van der Waals surface area (Å²) in [5.74, 6) is 7.07. The van der Waals surface area contributed by atoms with E-state index in [1.165, 1.54) is 50.1 Å². The molecule has 0 saturated carbocycles. The molecular formula is C18H27NOS. The Bertz CT molecular complexity index is 471. The number of rotatable bonds is 5. The molecule has 116 valence electrons. The van der Waals surface area contributed by atoms with Crippen LogP contribution >= 0.6 is 11.3 Å². The van der Waals surface area contributed by atoms with Crippen molar-refractivity contribution in [3.8, 4) is 11.8 Å². The van der Waals surface area contributed by atoms with Gasteiger partial charge in [-0.15, -0.1) is 11.3 Å². The van der Waals surface area contributed by atoms with Crippen molar-refractivity contribution in [2.45, 2.75) is 52.0 Å². The van der Waals surface area contributed by atoms with E-state index in [1.54, 1.807) is 11.3 Å². The molecule has 3 heteroatoms. The van der Waals surface area contributed by atoms with Crippen LogP contribution in [-0.4, -0.2) is 29.7 Å². The fourth-order valence-corrected chi connectivity index (χ4v) is 3.96. The van der Waals surface area contributed by atoms with Crippen molar-refractivity contribution in [2.75, 3.05) is 19.7 Å². The van der Waals surface area contributed by atoms with Gasteiger partial charge in [0.15, 0.2) is 0 Å². The molecule has 1 unspecified atom stereocenters. The molecule has 2 rings (SSSR count). The van der Waals surface area contributed by atoms with E-state index in [2.05, 4.69) is 35.8 Å². The number of hydrogen-bond acceptors (Lipinski definition) is 3. The van der Waals surface area contributed by atoms with Crippen LogP contribution in [-0.2, 0) is 6.54 Å². The van der Waals surface area contributed by atoms with E-state index in [0.717, 1.165) is 17.3 Å². The van der Waals surface area contributed by atoms with Crippen molar-refractivity contribution >= 4 is 11.3 Å². The lowest BCUT2D eigenvalue weighted by Crippen LogP contribution is -2.23. The molecule has 2 nitrogen and oxygen atoms in total. The zero-order valence-corrected chi connectivity index (χ0v) is 13.9. The molecule has 0 radical (unpaired) electrons. The summed E-state index contributed by atoms with van der Waals surface area (Å²) in [4.78, 5) is 5.14. The smallest absolute Gasteiger partial charge is 0.0771 e. The zero-order valence-electron chi connectivity index (χ0n) is 13.1. The normalized spacial score (nSPS) is 19.8. The Morgan fingerprint density at radius 3 is 3.05 bits per heavy atom. The van der Waals surface area contributed by atoms with Crippen LogP contribution in [0.4, 0.5) is 0 Å². The maximum atomic E-state index is 8.75. The third-order valence-electron chi connectivity index (χ3n) is 4.13. The quantitative estimate of drug-likeness (QED) is 0.834. The molecule has 1 fully saturated rings. The summed E-state index contributed by atoms with van der Waals surface area (Å²) in [6.07, 6.45) is 7.41. The highest BCUT2D eigenvalue weighted by atomic mass is 32.1. The second-order valence-corrected chi connectivity index (χ2v) is 7.07. The van der Waals surface area contributed by atoms with Crippen LogP contribution in [0, 0.1) is 17.8 Å². The van der Waals surface area contributed by atoms with Crippen LogP contribution in [0.3, 0.4) is 0 Å². The minimum Gasteiger partial charge on any atom is -0.395 e. The summed E-state index contributed by atoms with van der Waals surface area (Å²) >= 11 is 1.80. The van der Waals surface area contributed by atoms with Gasteiger partial charge in [0, 0.05) is 17.8 Å². The molecule has 1 aliphatic heterocycles. The number of aliphatic hydroxyl groups is 1. The molecule has 1 N–H and O–H groups in total. The van der Waals surface area contributed by atoms with Gasteiger partial charge in [0.1, 0.15) is 0 Å². The Morgan fingerprint density at radius 2 is 2.24 bits per heavy atom. The van der Waals surface area contributed by atoms with Gasteiger partial charge in [-0.2, -0.15) is 0 Å². The topological polar surface area (TPSA) is 23.5 Å². The Balaban J connectivity index is 1.83. The lowest BCUT2D eigenvalue weighted by Gasteiger charge is -2.19. The predicted molar refractivity (Wildman–Crippen MR) is 90.4 cm³/mol. The molecule has 0 amide bonds. The maximum absolute atomic E-state index is 8.75. The van der Waals surface area contributed by atoms with E-state index in [-0.39, 0.29) is 6.61 Å². The molecule has 0 bridgehead atoms. The largest absolute Gasteiger partial charge is 0.395 e. The molecule has 0 aromatic carbocycles. The average Bonchev–Trinajstić information content (AvgIpc) is 2.80. The van der Waals surface area contributed by atoms with Crippen LogP contribution in [0.5, 0.6) is 0 Å². The van der Waals surface area contributed by atoms with Crippen molar-refractivity contribution in [1.29, 1.82) is 0 Å². The van der Waals surface area contributed by atoms with E-state index in [9.17, 15) is 0 Å². The highest BCUT2D eigenvalue weighted by molar-refractivity contribution is 7.12.